The third-order valence-electron chi connectivity index (χ3n) is 9.66. The Kier molecular flexibility index (Phi) is 7.68. The van der Waals surface area contributed by atoms with Crippen LogP contribution in [0.3, 0.4) is 0 Å². The van der Waals surface area contributed by atoms with Crippen LogP contribution in [0.5, 0.6) is 0 Å². The molecule has 7 aromatic carbocycles. The topological polar surface area (TPSA) is 67.4 Å². The van der Waals surface area contributed by atoms with E-state index in [9.17, 15) is 5.26 Å². The Morgan fingerprint density at radius 1 is 0.442 bits per heavy atom. The number of rotatable bonds is 6. The van der Waals surface area contributed by atoms with Gasteiger partial charge in [0.15, 0.2) is 17.5 Å². The Morgan fingerprint density at radius 3 is 1.73 bits per heavy atom. The van der Waals surface area contributed by atoms with Crippen LogP contribution in [0.25, 0.3) is 83.9 Å². The van der Waals surface area contributed by atoms with Gasteiger partial charge in [0, 0.05) is 33.2 Å². The van der Waals surface area contributed by atoms with Gasteiger partial charge in [0.2, 0.25) is 0 Å². The maximum absolute atomic E-state index is 9.55. The molecule has 0 aliphatic rings. The zero-order valence-corrected chi connectivity index (χ0v) is 28.4. The van der Waals surface area contributed by atoms with Crippen molar-refractivity contribution in [2.75, 3.05) is 0 Å². The van der Waals surface area contributed by atoms with Gasteiger partial charge in [-0.15, -0.1) is 0 Å². The van der Waals surface area contributed by atoms with Gasteiger partial charge in [-0.3, -0.25) is 0 Å². The zero-order valence-electron chi connectivity index (χ0n) is 28.4. The average Bonchev–Trinajstić information content (AvgIpc) is 3.55. The third kappa shape index (κ3) is 5.49. The highest BCUT2D eigenvalue weighted by Gasteiger charge is 2.19. The number of aryl methyl sites for hydroxylation is 1. The van der Waals surface area contributed by atoms with E-state index in [-0.39, 0.29) is 0 Å². The lowest BCUT2D eigenvalue weighted by Gasteiger charge is -2.16. The molecule has 9 rings (SSSR count). The van der Waals surface area contributed by atoms with Crippen molar-refractivity contribution in [1.82, 2.24) is 19.5 Å². The summed E-state index contributed by atoms with van der Waals surface area (Å²) in [4.78, 5) is 15.3. The normalized spacial score (nSPS) is 11.2. The van der Waals surface area contributed by atoms with Crippen molar-refractivity contribution in [1.29, 1.82) is 5.26 Å². The molecule has 0 aliphatic carbocycles. The van der Waals surface area contributed by atoms with Crippen LogP contribution in [0.15, 0.2) is 170 Å². The average molecular weight is 666 g/mol. The van der Waals surface area contributed by atoms with Gasteiger partial charge < -0.3 is 4.57 Å². The summed E-state index contributed by atoms with van der Waals surface area (Å²) in [7, 11) is 0. The van der Waals surface area contributed by atoms with Gasteiger partial charge in [-0.25, -0.2) is 15.0 Å². The molecular formula is C47H31N5. The molecule has 52 heavy (non-hydrogen) atoms. The van der Waals surface area contributed by atoms with Gasteiger partial charge in [-0.1, -0.05) is 133 Å². The van der Waals surface area contributed by atoms with E-state index in [1.54, 1.807) is 0 Å². The fourth-order valence-corrected chi connectivity index (χ4v) is 7.07. The van der Waals surface area contributed by atoms with Crippen molar-refractivity contribution in [3.8, 4) is 68.2 Å². The maximum atomic E-state index is 9.55. The summed E-state index contributed by atoms with van der Waals surface area (Å²) in [5.74, 6) is 1.76. The Labute approximate surface area is 301 Å². The Hall–Kier alpha value is -7.16. The van der Waals surface area contributed by atoms with Gasteiger partial charge in [0.25, 0.3) is 0 Å². The molecule has 5 nitrogen and oxygen atoms in total. The molecule has 9 aromatic rings. The van der Waals surface area contributed by atoms with Crippen LogP contribution < -0.4 is 0 Å². The Balaban J connectivity index is 1.33. The number of fused-ring (bicyclic) bond motifs is 3. The van der Waals surface area contributed by atoms with Crippen LogP contribution in [0.2, 0.25) is 0 Å². The molecule has 0 N–H and O–H groups in total. The van der Waals surface area contributed by atoms with E-state index in [4.69, 9.17) is 15.0 Å². The van der Waals surface area contributed by atoms with Gasteiger partial charge in [0.05, 0.1) is 22.7 Å². The monoisotopic (exact) mass is 665 g/mol. The second-order valence-corrected chi connectivity index (χ2v) is 12.9. The first-order valence-electron chi connectivity index (χ1n) is 17.3. The molecule has 2 aromatic heterocycles. The summed E-state index contributed by atoms with van der Waals surface area (Å²) in [6, 6.07) is 60.4. The third-order valence-corrected chi connectivity index (χ3v) is 9.66. The van der Waals surface area contributed by atoms with Gasteiger partial charge in [0.1, 0.15) is 0 Å². The molecule has 0 aliphatic heterocycles. The highest BCUT2D eigenvalue weighted by molar-refractivity contribution is 6.10. The lowest BCUT2D eigenvalue weighted by atomic mass is 9.97. The number of nitrogens with zero attached hydrogens (tertiary/aromatic N) is 5. The molecule has 0 saturated heterocycles. The number of aromatic nitrogens is 4. The van der Waals surface area contributed by atoms with Crippen molar-refractivity contribution in [3.63, 3.8) is 0 Å². The molecule has 0 saturated carbocycles. The molecule has 0 unspecified atom stereocenters. The molecule has 0 amide bonds. The molecule has 0 atom stereocenters. The first-order valence-corrected chi connectivity index (χ1v) is 17.3. The number of benzene rings is 7. The second kappa shape index (κ2) is 12.9. The van der Waals surface area contributed by atoms with E-state index in [0.717, 1.165) is 44.5 Å². The zero-order chi connectivity index (χ0) is 35.0. The summed E-state index contributed by atoms with van der Waals surface area (Å²) in [6.45, 7) is 2.16. The first-order chi connectivity index (χ1) is 25.6. The van der Waals surface area contributed by atoms with Crippen LogP contribution in [-0.4, -0.2) is 19.5 Å². The standard InChI is InChI=1S/C47H31N5/c1-31-12-8-9-17-38(31)36-24-26-41-40-18-10-11-19-43(40)52(44(41)28-36)37-25-27-39(33-22-20-32(30-48)21-23-33)42(29-37)47-50-45(34-13-4-2-5-14-34)49-46(51-47)35-15-6-3-7-16-35/h2-29H,1H3. The van der Waals surface area contributed by atoms with Crippen LogP contribution in [0, 0.1) is 18.3 Å². The van der Waals surface area contributed by atoms with Crippen molar-refractivity contribution >= 4 is 21.8 Å². The Morgan fingerprint density at radius 2 is 1.04 bits per heavy atom. The van der Waals surface area contributed by atoms with Gasteiger partial charge in [-0.2, -0.15) is 5.26 Å². The van der Waals surface area contributed by atoms with E-state index < -0.39 is 0 Å². The highest BCUT2D eigenvalue weighted by atomic mass is 15.0. The summed E-state index contributed by atoms with van der Waals surface area (Å²) in [5, 5.41) is 11.9. The first kappa shape index (κ1) is 30.9. The predicted octanol–water partition coefficient (Wildman–Crippen LogP) is 11.5. The molecule has 0 bridgehead atoms. The summed E-state index contributed by atoms with van der Waals surface area (Å²) >= 11 is 0. The minimum atomic E-state index is 0.565. The lowest BCUT2D eigenvalue weighted by Crippen LogP contribution is -2.02. The number of hydrogen-bond acceptors (Lipinski definition) is 4. The highest BCUT2D eigenvalue weighted by Crippen LogP contribution is 2.39. The molecule has 244 valence electrons. The molecular weight excluding hydrogens is 635 g/mol. The minimum absolute atomic E-state index is 0.565. The van der Waals surface area contributed by atoms with Crippen LogP contribution >= 0.6 is 0 Å². The smallest absolute Gasteiger partial charge is 0.164 e. The maximum Gasteiger partial charge on any atom is 0.164 e. The summed E-state index contributed by atoms with van der Waals surface area (Å²) in [5.41, 5.74) is 12.0. The lowest BCUT2D eigenvalue weighted by molar-refractivity contribution is 1.07. The number of para-hydroxylation sites is 1. The van der Waals surface area contributed by atoms with Crippen LogP contribution in [0.4, 0.5) is 0 Å². The van der Waals surface area contributed by atoms with E-state index in [2.05, 4.69) is 102 Å². The molecule has 0 radical (unpaired) electrons. The van der Waals surface area contributed by atoms with E-state index in [1.807, 2.05) is 84.9 Å². The van der Waals surface area contributed by atoms with Crippen molar-refractivity contribution in [3.05, 3.63) is 181 Å². The van der Waals surface area contributed by atoms with Crippen LogP contribution in [0.1, 0.15) is 11.1 Å². The van der Waals surface area contributed by atoms with E-state index in [1.165, 1.54) is 27.5 Å². The van der Waals surface area contributed by atoms with Gasteiger partial charge in [-0.05, 0) is 71.1 Å². The second-order valence-electron chi connectivity index (χ2n) is 12.9. The summed E-state index contributed by atoms with van der Waals surface area (Å²) in [6.07, 6.45) is 0. The fraction of sp³-hybridized carbons (Fsp3) is 0.0213. The SMILES string of the molecule is Cc1ccccc1-c1ccc2c3ccccc3n(-c3ccc(-c4ccc(C#N)cc4)c(-c4nc(-c5ccccc5)nc(-c5ccccc5)n4)c3)c2c1. The fourth-order valence-electron chi connectivity index (χ4n) is 7.07. The quantitative estimate of drug-likeness (QED) is 0.177. The Bertz CT molecular complexity index is 2740. The molecule has 0 fully saturated rings. The molecule has 0 spiro atoms. The van der Waals surface area contributed by atoms with Crippen molar-refractivity contribution < 1.29 is 0 Å². The van der Waals surface area contributed by atoms with Crippen molar-refractivity contribution in [2.24, 2.45) is 0 Å². The van der Waals surface area contributed by atoms with Gasteiger partial charge >= 0.3 is 0 Å². The van der Waals surface area contributed by atoms with E-state index >= 15 is 0 Å². The predicted molar refractivity (Wildman–Crippen MR) is 211 cm³/mol. The number of nitriles is 1. The number of hydrogen-bond donors (Lipinski definition) is 0. The summed E-state index contributed by atoms with van der Waals surface area (Å²) < 4.78 is 2.34. The van der Waals surface area contributed by atoms with Crippen molar-refractivity contribution in [2.45, 2.75) is 6.92 Å². The minimum Gasteiger partial charge on any atom is -0.309 e. The molecule has 2 heterocycles. The van der Waals surface area contributed by atoms with Crippen LogP contribution in [-0.2, 0) is 0 Å². The van der Waals surface area contributed by atoms with E-state index in [0.29, 0.717) is 23.0 Å². The molecule has 5 heteroatoms. The largest absolute Gasteiger partial charge is 0.309 e.